The molecule has 0 bridgehead atoms. The minimum atomic E-state index is -6.05. The summed E-state index contributed by atoms with van der Waals surface area (Å²) in [6.07, 6.45) is -24.6. The fourth-order valence-electron chi connectivity index (χ4n) is 1.55. The summed E-state index contributed by atoms with van der Waals surface area (Å²) in [5, 5.41) is 0. The molecule has 160 valence electrons. The Kier molecular flexibility index (Phi) is 6.11. The van der Waals surface area contributed by atoms with Crippen LogP contribution in [0.2, 0.25) is 0 Å². The van der Waals surface area contributed by atoms with E-state index in [0.29, 0.717) is 0 Å². The average molecular weight is 442 g/mol. The minimum Gasteiger partial charge on any atom is -0.402 e. The molecule has 0 saturated carbocycles. The van der Waals surface area contributed by atoms with Crippen molar-refractivity contribution < 1.29 is 76.4 Å². The van der Waals surface area contributed by atoms with Gasteiger partial charge in [-0.1, -0.05) is 0 Å². The molecule has 28 heavy (non-hydrogen) atoms. The lowest BCUT2D eigenvalue weighted by molar-refractivity contribution is -0.297. The number of alkyl halides is 12. The maximum absolute atomic E-state index is 12.4. The highest BCUT2D eigenvalue weighted by Crippen LogP contribution is 2.52. The van der Waals surface area contributed by atoms with Crippen molar-refractivity contribution >= 4 is 6.29 Å². The molecule has 0 N–H and O–H groups in total. The molecule has 0 aromatic heterocycles. The predicted molar refractivity (Wildman–Crippen MR) is 58.6 cm³/mol. The van der Waals surface area contributed by atoms with Crippen molar-refractivity contribution in [1.82, 2.24) is 0 Å². The van der Waals surface area contributed by atoms with Gasteiger partial charge in [-0.2, -0.15) is 0 Å². The Morgan fingerprint density at radius 2 is 0.929 bits per heavy atom. The maximum atomic E-state index is 12.4. The van der Waals surface area contributed by atoms with Gasteiger partial charge in [-0.25, -0.2) is 0 Å². The van der Waals surface area contributed by atoms with Crippen LogP contribution >= 0.6 is 0 Å². The SMILES string of the molecule is O=Cc1cc(OC(F)(F)F)c(OC(F)(F)F)c(OC(F)(F)F)c1OC(F)(F)F. The Labute approximate surface area is 144 Å². The number of carbonyl (C=O) groups excluding carboxylic acids is 1. The van der Waals surface area contributed by atoms with Gasteiger partial charge in [0.15, 0.2) is 17.8 Å². The van der Waals surface area contributed by atoms with Crippen molar-refractivity contribution in [1.29, 1.82) is 0 Å². The number of halogens is 12. The first-order chi connectivity index (χ1) is 12.3. The van der Waals surface area contributed by atoms with E-state index >= 15 is 0 Å². The van der Waals surface area contributed by atoms with E-state index in [-0.39, 0.29) is 0 Å². The molecule has 0 aliphatic carbocycles. The zero-order chi connectivity index (χ0) is 22.1. The van der Waals surface area contributed by atoms with E-state index in [1.807, 2.05) is 0 Å². The van der Waals surface area contributed by atoms with Gasteiger partial charge in [0.05, 0.1) is 5.56 Å². The van der Waals surface area contributed by atoms with E-state index in [1.54, 1.807) is 0 Å². The Balaban J connectivity index is 3.88. The summed E-state index contributed by atoms with van der Waals surface area (Å²) in [5.74, 6) is -9.94. The van der Waals surface area contributed by atoms with Crippen molar-refractivity contribution in [3.63, 3.8) is 0 Å². The zero-order valence-corrected chi connectivity index (χ0v) is 12.2. The third kappa shape index (κ3) is 7.47. The summed E-state index contributed by atoms with van der Waals surface area (Å²) in [4.78, 5) is 10.8. The van der Waals surface area contributed by atoms with Crippen LogP contribution < -0.4 is 18.9 Å². The molecule has 0 heterocycles. The standard InChI is InChI=1S/C11H2F12O5/c12-8(13,14)25-4-1-3(2-24)5(26-9(15,16)17)7(28-11(21,22)23)6(4)27-10(18,19)20/h1-2H. The Hall–Kier alpha value is -2.75. The Bertz CT molecular complexity index is 715. The second-order valence-corrected chi connectivity index (χ2v) is 4.26. The summed E-state index contributed by atoms with van der Waals surface area (Å²) in [7, 11) is 0. The fraction of sp³-hybridized carbons (Fsp3) is 0.364. The second kappa shape index (κ2) is 7.34. The van der Waals surface area contributed by atoms with E-state index in [2.05, 4.69) is 18.9 Å². The molecular weight excluding hydrogens is 440 g/mol. The Morgan fingerprint density at radius 3 is 1.29 bits per heavy atom. The lowest BCUT2D eigenvalue weighted by atomic mass is 10.1. The van der Waals surface area contributed by atoms with Gasteiger partial charge in [0.2, 0.25) is 11.5 Å². The molecule has 17 heteroatoms. The van der Waals surface area contributed by atoms with Crippen LogP contribution in [-0.4, -0.2) is 31.7 Å². The molecule has 0 spiro atoms. The van der Waals surface area contributed by atoms with Crippen molar-refractivity contribution in [2.24, 2.45) is 0 Å². The lowest BCUT2D eigenvalue weighted by Crippen LogP contribution is -2.26. The van der Waals surface area contributed by atoms with E-state index in [9.17, 15) is 57.5 Å². The van der Waals surface area contributed by atoms with Crippen LogP contribution in [-0.2, 0) is 0 Å². The molecule has 0 saturated heterocycles. The molecule has 5 nitrogen and oxygen atoms in total. The molecule has 0 radical (unpaired) electrons. The van der Waals surface area contributed by atoms with E-state index in [1.165, 1.54) is 0 Å². The number of hydrogen-bond donors (Lipinski definition) is 0. The zero-order valence-electron chi connectivity index (χ0n) is 12.2. The topological polar surface area (TPSA) is 54.0 Å². The van der Waals surface area contributed by atoms with E-state index in [0.717, 1.165) is 0 Å². The van der Waals surface area contributed by atoms with Gasteiger partial charge < -0.3 is 18.9 Å². The second-order valence-electron chi connectivity index (χ2n) is 4.26. The van der Waals surface area contributed by atoms with Crippen LogP contribution in [0.3, 0.4) is 0 Å². The first-order valence-corrected chi connectivity index (χ1v) is 6.00. The molecule has 0 atom stereocenters. The molecular formula is C11H2F12O5. The predicted octanol–water partition coefficient (Wildman–Crippen LogP) is 5.09. The van der Waals surface area contributed by atoms with Crippen LogP contribution in [0.15, 0.2) is 6.07 Å². The Morgan fingerprint density at radius 1 is 0.571 bits per heavy atom. The number of ether oxygens (including phenoxy) is 4. The molecule has 1 aromatic rings. The summed E-state index contributed by atoms with van der Waals surface area (Å²) in [6, 6.07) is -0.425. The highest BCUT2D eigenvalue weighted by atomic mass is 19.4. The molecule has 0 fully saturated rings. The summed E-state index contributed by atoms with van der Waals surface area (Å²) >= 11 is 0. The minimum absolute atomic E-state index is 0.425. The van der Waals surface area contributed by atoms with Gasteiger partial charge in [0.25, 0.3) is 0 Å². The number of carbonyl (C=O) groups is 1. The molecule has 0 aliphatic heterocycles. The highest BCUT2D eigenvalue weighted by molar-refractivity contribution is 5.84. The maximum Gasteiger partial charge on any atom is 0.573 e. The van der Waals surface area contributed by atoms with Gasteiger partial charge in [0, 0.05) is 0 Å². The van der Waals surface area contributed by atoms with Crippen LogP contribution in [0, 0.1) is 0 Å². The quantitative estimate of drug-likeness (QED) is 0.470. The van der Waals surface area contributed by atoms with Gasteiger partial charge in [-0.05, 0) is 6.07 Å². The third-order valence-corrected chi connectivity index (χ3v) is 2.19. The first-order valence-electron chi connectivity index (χ1n) is 6.00. The smallest absolute Gasteiger partial charge is 0.402 e. The largest absolute Gasteiger partial charge is 0.573 e. The van der Waals surface area contributed by atoms with Crippen molar-refractivity contribution in [2.75, 3.05) is 0 Å². The highest BCUT2D eigenvalue weighted by Gasteiger charge is 2.45. The van der Waals surface area contributed by atoms with Crippen molar-refractivity contribution in [3.05, 3.63) is 11.6 Å². The summed E-state index contributed by atoms with van der Waals surface area (Å²) < 4.78 is 160. The molecule has 0 amide bonds. The number of rotatable bonds is 5. The lowest BCUT2D eigenvalue weighted by Gasteiger charge is -2.22. The van der Waals surface area contributed by atoms with Crippen LogP contribution in [0.25, 0.3) is 0 Å². The average Bonchev–Trinajstić information content (AvgIpc) is 2.39. The monoisotopic (exact) mass is 442 g/mol. The van der Waals surface area contributed by atoms with Crippen LogP contribution in [0.5, 0.6) is 23.0 Å². The molecule has 0 aliphatic rings. The summed E-state index contributed by atoms with van der Waals surface area (Å²) in [6.45, 7) is 0. The normalized spacial score (nSPS) is 13.1. The first kappa shape index (κ1) is 23.3. The van der Waals surface area contributed by atoms with Gasteiger partial charge in [-0.3, -0.25) is 4.79 Å². The van der Waals surface area contributed by atoms with Gasteiger partial charge >= 0.3 is 25.4 Å². The number of hydrogen-bond acceptors (Lipinski definition) is 5. The van der Waals surface area contributed by atoms with Crippen molar-refractivity contribution in [3.8, 4) is 23.0 Å². The van der Waals surface area contributed by atoms with Crippen molar-refractivity contribution in [2.45, 2.75) is 25.4 Å². The fourth-order valence-corrected chi connectivity index (χ4v) is 1.55. The third-order valence-electron chi connectivity index (χ3n) is 2.19. The van der Waals surface area contributed by atoms with Gasteiger partial charge in [-0.15, -0.1) is 52.7 Å². The molecule has 1 aromatic carbocycles. The van der Waals surface area contributed by atoms with Gasteiger partial charge in [0.1, 0.15) is 0 Å². The number of benzene rings is 1. The molecule has 1 rings (SSSR count). The van der Waals surface area contributed by atoms with Crippen LogP contribution in [0.1, 0.15) is 10.4 Å². The van der Waals surface area contributed by atoms with E-state index in [4.69, 9.17) is 0 Å². The van der Waals surface area contributed by atoms with E-state index < -0.39 is 66.4 Å². The van der Waals surface area contributed by atoms with Crippen LogP contribution in [0.4, 0.5) is 52.7 Å². The summed E-state index contributed by atoms with van der Waals surface area (Å²) in [5.41, 5.74) is -1.73. The molecule has 0 unspecified atom stereocenters. The number of aldehydes is 1.